The van der Waals surface area contributed by atoms with E-state index in [0.717, 1.165) is 61.3 Å². The largest absolute Gasteiger partial charge is 0.446 e. The van der Waals surface area contributed by atoms with Crippen LogP contribution in [0.1, 0.15) is 49.3 Å². The van der Waals surface area contributed by atoms with E-state index in [1.807, 2.05) is 18.2 Å². The molecule has 0 aromatic heterocycles. The van der Waals surface area contributed by atoms with E-state index in [-0.39, 0.29) is 18.1 Å². The quantitative estimate of drug-likeness (QED) is 0.550. The Balaban J connectivity index is 1.21. The average molecular weight is 501 g/mol. The second-order valence-corrected chi connectivity index (χ2v) is 9.17. The number of carbonyl (C=O) groups is 3. The van der Waals surface area contributed by atoms with Crippen molar-refractivity contribution in [3.8, 4) is 0 Å². The van der Waals surface area contributed by atoms with Crippen molar-refractivity contribution in [1.82, 2.24) is 15.1 Å². The lowest BCUT2D eigenvalue weighted by Gasteiger charge is -2.32. The maximum Gasteiger partial charge on any atom is 0.418 e. The molecule has 2 N–H and O–H groups in total. The first-order valence-electron chi connectivity index (χ1n) is 12.1. The van der Waals surface area contributed by atoms with E-state index in [1.165, 1.54) is 12.5 Å². The molecule has 36 heavy (non-hydrogen) atoms. The Bertz CT molecular complexity index is 1100. The van der Waals surface area contributed by atoms with E-state index in [9.17, 15) is 23.2 Å². The number of hydrogen-bond acceptors (Lipinski definition) is 5. The molecule has 0 saturated carbocycles. The van der Waals surface area contributed by atoms with Crippen LogP contribution in [0.25, 0.3) is 0 Å². The number of rotatable bonds is 7. The van der Waals surface area contributed by atoms with Gasteiger partial charge < -0.3 is 20.3 Å². The topological polar surface area (TPSA) is 91.0 Å². The molecular formula is C26H30F2N4O4. The number of ether oxygens (including phenoxy) is 1. The van der Waals surface area contributed by atoms with E-state index in [0.29, 0.717) is 18.9 Å². The number of hydrogen-bond donors (Lipinski definition) is 2. The fraction of sp³-hybridized carbons (Fsp3) is 0.423. The highest BCUT2D eigenvalue weighted by Gasteiger charge is 2.39. The molecule has 2 fully saturated rings. The number of likely N-dealkylation sites (tertiary alicyclic amines) is 1. The van der Waals surface area contributed by atoms with Crippen LogP contribution in [0.4, 0.5) is 24.1 Å². The molecule has 4 amide bonds. The van der Waals surface area contributed by atoms with E-state index in [4.69, 9.17) is 4.74 Å². The minimum absolute atomic E-state index is 0.0888. The van der Waals surface area contributed by atoms with Gasteiger partial charge in [0.05, 0.1) is 0 Å². The molecule has 1 atom stereocenters. The van der Waals surface area contributed by atoms with Gasteiger partial charge in [-0.15, -0.1) is 0 Å². The van der Waals surface area contributed by atoms with Crippen LogP contribution < -0.4 is 10.6 Å². The molecular weight excluding hydrogens is 470 g/mol. The van der Waals surface area contributed by atoms with E-state index < -0.39 is 29.8 Å². The number of carbonyl (C=O) groups excluding carboxylic acids is 3. The fourth-order valence-electron chi connectivity index (χ4n) is 4.81. The first-order valence-corrected chi connectivity index (χ1v) is 12.1. The molecule has 2 aliphatic rings. The lowest BCUT2D eigenvalue weighted by Crippen LogP contribution is -2.43. The van der Waals surface area contributed by atoms with Gasteiger partial charge in [0.15, 0.2) is 0 Å². The van der Waals surface area contributed by atoms with Crippen molar-refractivity contribution in [2.75, 3.05) is 38.1 Å². The maximum absolute atomic E-state index is 13.6. The number of cyclic esters (lactones) is 1. The summed E-state index contributed by atoms with van der Waals surface area (Å²) >= 11 is 0. The Labute approximate surface area is 208 Å². The van der Waals surface area contributed by atoms with Crippen molar-refractivity contribution in [1.29, 1.82) is 0 Å². The predicted octanol–water partition coefficient (Wildman–Crippen LogP) is 4.40. The van der Waals surface area contributed by atoms with E-state index >= 15 is 0 Å². The second kappa shape index (κ2) is 11.5. The van der Waals surface area contributed by atoms with Crippen LogP contribution in [0.15, 0.2) is 42.5 Å². The van der Waals surface area contributed by atoms with Crippen LogP contribution in [0.5, 0.6) is 0 Å². The van der Waals surface area contributed by atoms with Crippen molar-refractivity contribution in [2.24, 2.45) is 0 Å². The maximum atomic E-state index is 13.6. The van der Waals surface area contributed by atoms with Gasteiger partial charge in [0.25, 0.3) is 0 Å². The third kappa shape index (κ3) is 6.37. The van der Waals surface area contributed by atoms with Crippen LogP contribution >= 0.6 is 0 Å². The Morgan fingerprint density at radius 3 is 2.47 bits per heavy atom. The Kier molecular flexibility index (Phi) is 8.14. The monoisotopic (exact) mass is 500 g/mol. The molecule has 10 heteroatoms. The number of amides is 4. The number of benzene rings is 2. The summed E-state index contributed by atoms with van der Waals surface area (Å²) in [6, 6.07) is 9.36. The summed E-state index contributed by atoms with van der Waals surface area (Å²) in [5.74, 6) is -1.22. The molecule has 2 aromatic carbocycles. The standard InChI is InChI=1S/C26H30F2N4O4/c1-17(33)30-23-5-2-4-19(14-23)18-6-10-31(11-7-18)9-3-8-29-25(34)32-24(16-36-26(32)35)20-12-21(27)15-22(28)13-20/h2,4-5,12-15,18,24H,3,6-11,16H2,1H3,(H,29,34)(H,30,33). The Morgan fingerprint density at radius 1 is 1.06 bits per heavy atom. The predicted molar refractivity (Wildman–Crippen MR) is 129 cm³/mol. The Hall–Kier alpha value is -3.53. The number of anilines is 1. The third-order valence-electron chi connectivity index (χ3n) is 6.55. The lowest BCUT2D eigenvalue weighted by molar-refractivity contribution is -0.114. The number of piperidine rings is 1. The minimum Gasteiger partial charge on any atom is -0.446 e. The third-order valence-corrected chi connectivity index (χ3v) is 6.55. The second-order valence-electron chi connectivity index (χ2n) is 9.17. The van der Waals surface area contributed by atoms with Crippen molar-refractivity contribution in [2.45, 2.75) is 38.1 Å². The molecule has 192 valence electrons. The average Bonchev–Trinajstić information content (AvgIpc) is 3.23. The zero-order valence-electron chi connectivity index (χ0n) is 20.1. The van der Waals surface area contributed by atoms with Crippen LogP contribution in [0.2, 0.25) is 0 Å². The molecule has 2 saturated heterocycles. The molecule has 0 aliphatic carbocycles. The summed E-state index contributed by atoms with van der Waals surface area (Å²) in [7, 11) is 0. The summed E-state index contributed by atoms with van der Waals surface area (Å²) in [5.41, 5.74) is 2.20. The van der Waals surface area contributed by atoms with Crippen LogP contribution in [0.3, 0.4) is 0 Å². The zero-order chi connectivity index (χ0) is 25.7. The highest BCUT2D eigenvalue weighted by molar-refractivity contribution is 5.92. The molecule has 4 rings (SSSR count). The van der Waals surface area contributed by atoms with Crippen LogP contribution in [-0.2, 0) is 9.53 Å². The number of nitrogens with zero attached hydrogens (tertiary/aromatic N) is 2. The molecule has 1 unspecified atom stereocenters. The smallest absolute Gasteiger partial charge is 0.418 e. The summed E-state index contributed by atoms with van der Waals surface area (Å²) in [4.78, 5) is 39.3. The van der Waals surface area contributed by atoms with E-state index in [1.54, 1.807) is 0 Å². The zero-order valence-corrected chi connectivity index (χ0v) is 20.1. The highest BCUT2D eigenvalue weighted by Crippen LogP contribution is 2.30. The SMILES string of the molecule is CC(=O)Nc1cccc(C2CCN(CCCNC(=O)N3C(=O)OCC3c3cc(F)cc(F)c3)CC2)c1. The van der Waals surface area contributed by atoms with Gasteiger partial charge in [0, 0.05) is 25.2 Å². The molecule has 0 spiro atoms. The fourth-order valence-corrected chi connectivity index (χ4v) is 4.81. The van der Waals surface area contributed by atoms with Crippen LogP contribution in [-0.4, -0.2) is 60.6 Å². The number of halogens is 2. The summed E-state index contributed by atoms with van der Waals surface area (Å²) in [6.07, 6.45) is 1.85. The molecule has 2 aliphatic heterocycles. The van der Waals surface area contributed by atoms with E-state index in [2.05, 4.69) is 21.6 Å². The van der Waals surface area contributed by atoms with Gasteiger partial charge in [-0.3, -0.25) is 4.79 Å². The first-order chi connectivity index (χ1) is 17.3. The van der Waals surface area contributed by atoms with Gasteiger partial charge in [0.1, 0.15) is 24.3 Å². The van der Waals surface area contributed by atoms with Gasteiger partial charge in [-0.1, -0.05) is 12.1 Å². The first kappa shape index (κ1) is 25.6. The van der Waals surface area contributed by atoms with Gasteiger partial charge in [0.2, 0.25) is 5.91 Å². The van der Waals surface area contributed by atoms with Crippen molar-refractivity contribution in [3.05, 3.63) is 65.2 Å². The molecule has 2 aromatic rings. The van der Waals surface area contributed by atoms with Crippen molar-refractivity contribution < 1.29 is 27.9 Å². The number of urea groups is 1. The molecule has 0 bridgehead atoms. The normalized spacial score (nSPS) is 18.7. The number of nitrogens with one attached hydrogen (secondary N) is 2. The summed E-state index contributed by atoms with van der Waals surface area (Å²) < 4.78 is 32.2. The summed E-state index contributed by atoms with van der Waals surface area (Å²) in [6.45, 7) is 4.34. The molecule has 8 nitrogen and oxygen atoms in total. The minimum atomic E-state index is -0.883. The molecule has 0 radical (unpaired) electrons. The summed E-state index contributed by atoms with van der Waals surface area (Å²) in [5, 5.41) is 5.54. The highest BCUT2D eigenvalue weighted by atomic mass is 19.1. The van der Waals surface area contributed by atoms with Gasteiger partial charge in [-0.05, 0) is 80.2 Å². The van der Waals surface area contributed by atoms with Crippen LogP contribution in [0, 0.1) is 11.6 Å². The lowest BCUT2D eigenvalue weighted by atomic mass is 9.89. The van der Waals surface area contributed by atoms with Crippen molar-refractivity contribution >= 4 is 23.7 Å². The Morgan fingerprint density at radius 2 is 1.78 bits per heavy atom. The van der Waals surface area contributed by atoms with Gasteiger partial charge >= 0.3 is 12.1 Å². The van der Waals surface area contributed by atoms with Gasteiger partial charge in [-0.2, -0.15) is 0 Å². The molecule has 2 heterocycles. The number of imide groups is 1. The van der Waals surface area contributed by atoms with Gasteiger partial charge in [-0.25, -0.2) is 23.3 Å². The van der Waals surface area contributed by atoms with Crippen molar-refractivity contribution in [3.63, 3.8) is 0 Å².